The quantitative estimate of drug-likeness (QED) is 0.540. The first-order valence-corrected chi connectivity index (χ1v) is 12.4. The first-order valence-electron chi connectivity index (χ1n) is 11.2. The van der Waals surface area contributed by atoms with E-state index in [4.69, 9.17) is 22.9 Å². The summed E-state index contributed by atoms with van der Waals surface area (Å²) in [4.78, 5) is 34.5. The lowest BCUT2D eigenvalue weighted by Gasteiger charge is -2.32. The highest BCUT2D eigenvalue weighted by molar-refractivity contribution is 8.26. The van der Waals surface area contributed by atoms with Gasteiger partial charge < -0.3 is 10.6 Å². The van der Waals surface area contributed by atoms with Crippen LogP contribution in [-0.2, 0) is 9.59 Å². The van der Waals surface area contributed by atoms with E-state index in [1.54, 1.807) is 0 Å². The predicted octanol–water partition coefficient (Wildman–Crippen LogP) is 4.08. The third kappa shape index (κ3) is 4.01. The van der Waals surface area contributed by atoms with Crippen LogP contribution in [0.1, 0.15) is 44.1 Å². The number of hydrogen-bond donors (Lipinski definition) is 1. The van der Waals surface area contributed by atoms with E-state index in [0.29, 0.717) is 35.2 Å². The second-order valence-electron chi connectivity index (χ2n) is 8.75. The number of benzene rings is 1. The minimum atomic E-state index is -0.230. The zero-order valence-electron chi connectivity index (χ0n) is 17.8. The van der Waals surface area contributed by atoms with Crippen molar-refractivity contribution in [1.29, 1.82) is 0 Å². The number of piperidine rings is 1. The molecule has 0 radical (unpaired) electrons. The molecular formula is C24H26N4O2S2. The van der Waals surface area contributed by atoms with Crippen LogP contribution < -0.4 is 10.6 Å². The Morgan fingerprint density at radius 2 is 1.88 bits per heavy atom. The highest BCUT2D eigenvalue weighted by atomic mass is 32.2. The Morgan fingerprint density at radius 3 is 2.59 bits per heavy atom. The van der Waals surface area contributed by atoms with Crippen molar-refractivity contribution in [2.75, 3.05) is 18.0 Å². The number of para-hydroxylation sites is 1. The fourth-order valence-electron chi connectivity index (χ4n) is 4.96. The Labute approximate surface area is 197 Å². The molecule has 8 heteroatoms. The summed E-state index contributed by atoms with van der Waals surface area (Å²) >= 11 is 6.97. The minimum absolute atomic E-state index is 0.0124. The molecule has 166 valence electrons. The predicted molar refractivity (Wildman–Crippen MR) is 133 cm³/mol. The first kappa shape index (κ1) is 21.4. The van der Waals surface area contributed by atoms with E-state index in [1.165, 1.54) is 11.8 Å². The number of thiocarbonyl (C=S) groups is 1. The lowest BCUT2D eigenvalue weighted by Crippen LogP contribution is -2.39. The molecule has 0 atom stereocenters. The number of anilines is 1. The molecule has 3 fully saturated rings. The zero-order chi connectivity index (χ0) is 22.2. The van der Waals surface area contributed by atoms with E-state index in [2.05, 4.69) is 11.0 Å². The van der Waals surface area contributed by atoms with Crippen LogP contribution in [0.4, 0.5) is 5.82 Å². The molecule has 2 N–H and O–H groups in total. The van der Waals surface area contributed by atoms with Crippen LogP contribution in [0.25, 0.3) is 17.0 Å². The number of thioether (sulfide) groups is 1. The van der Waals surface area contributed by atoms with Crippen LogP contribution >= 0.6 is 24.0 Å². The fraction of sp³-hybridized carbons (Fsp3) is 0.417. The third-order valence-corrected chi connectivity index (χ3v) is 8.06. The number of carbonyl (C=O) groups is 2. The van der Waals surface area contributed by atoms with Crippen LogP contribution in [0.5, 0.6) is 0 Å². The molecule has 5 rings (SSSR count). The maximum absolute atomic E-state index is 13.2. The molecule has 2 saturated heterocycles. The van der Waals surface area contributed by atoms with E-state index < -0.39 is 0 Å². The van der Waals surface area contributed by atoms with Crippen LogP contribution in [-0.4, -0.2) is 45.2 Å². The molecule has 0 bridgehead atoms. The van der Waals surface area contributed by atoms with Crippen molar-refractivity contribution in [1.82, 2.24) is 9.88 Å². The van der Waals surface area contributed by atoms with Crippen molar-refractivity contribution in [2.45, 2.75) is 44.6 Å². The van der Waals surface area contributed by atoms with Gasteiger partial charge in [-0.25, -0.2) is 4.98 Å². The number of carbonyl (C=O) groups excluding carboxylic acids is 2. The standard InChI is InChI=1S/C24H26N4O2S2/c25-21(29)15-9-11-27(12-10-15)22-17(13-16-5-1-4-8-19(16)26-22)14-20-23(30)28(24(31)32-20)18-6-2-3-7-18/h1,4-5,8,13-15,18H,2-3,6-7,9-12H2,(H2,25,29)/b20-14-. The van der Waals surface area contributed by atoms with Crippen molar-refractivity contribution >= 4 is 62.9 Å². The Morgan fingerprint density at radius 1 is 1.16 bits per heavy atom. The average molecular weight is 467 g/mol. The number of rotatable bonds is 4. The Hall–Kier alpha value is -2.45. The molecule has 2 amide bonds. The van der Waals surface area contributed by atoms with E-state index in [1.807, 2.05) is 35.2 Å². The monoisotopic (exact) mass is 466 g/mol. The van der Waals surface area contributed by atoms with E-state index in [9.17, 15) is 9.59 Å². The Balaban J connectivity index is 1.50. The van der Waals surface area contributed by atoms with Crippen LogP contribution in [0.2, 0.25) is 0 Å². The van der Waals surface area contributed by atoms with Gasteiger partial charge in [-0.15, -0.1) is 0 Å². The molecule has 1 saturated carbocycles. The van der Waals surface area contributed by atoms with Crippen molar-refractivity contribution < 1.29 is 9.59 Å². The summed E-state index contributed by atoms with van der Waals surface area (Å²) in [6.07, 6.45) is 7.74. The number of primary amides is 1. The number of fused-ring (bicyclic) bond motifs is 1. The van der Waals surface area contributed by atoms with Crippen molar-refractivity contribution in [3.8, 4) is 0 Å². The number of pyridine rings is 1. The minimum Gasteiger partial charge on any atom is -0.369 e. The summed E-state index contributed by atoms with van der Waals surface area (Å²) in [7, 11) is 0. The van der Waals surface area contributed by atoms with Gasteiger partial charge in [-0.3, -0.25) is 14.5 Å². The van der Waals surface area contributed by atoms with Gasteiger partial charge in [-0.1, -0.05) is 55.0 Å². The molecule has 3 heterocycles. The van der Waals surface area contributed by atoms with E-state index >= 15 is 0 Å². The van der Waals surface area contributed by atoms with Crippen LogP contribution in [0, 0.1) is 5.92 Å². The van der Waals surface area contributed by atoms with Gasteiger partial charge in [0.25, 0.3) is 5.91 Å². The largest absolute Gasteiger partial charge is 0.369 e. The van der Waals surface area contributed by atoms with Gasteiger partial charge in [0.05, 0.1) is 10.4 Å². The van der Waals surface area contributed by atoms with E-state index in [-0.39, 0.29) is 23.8 Å². The molecule has 1 aromatic heterocycles. The number of hydrogen-bond acceptors (Lipinski definition) is 6. The summed E-state index contributed by atoms with van der Waals surface area (Å²) in [5, 5.41) is 1.03. The van der Waals surface area contributed by atoms with Crippen LogP contribution in [0.3, 0.4) is 0 Å². The average Bonchev–Trinajstić information content (AvgIpc) is 3.41. The SMILES string of the molecule is NC(=O)C1CCN(c2nc3ccccc3cc2/C=C2\SC(=S)N(C3CCCC3)C2=O)CC1. The number of aromatic nitrogens is 1. The summed E-state index contributed by atoms with van der Waals surface area (Å²) in [5.41, 5.74) is 7.34. The lowest BCUT2D eigenvalue weighted by molar-refractivity contribution is -0.124. The van der Waals surface area contributed by atoms with Gasteiger partial charge in [0.2, 0.25) is 5.91 Å². The summed E-state index contributed by atoms with van der Waals surface area (Å²) < 4.78 is 0.658. The van der Waals surface area contributed by atoms with Gasteiger partial charge in [0.1, 0.15) is 10.1 Å². The molecule has 6 nitrogen and oxygen atoms in total. The maximum Gasteiger partial charge on any atom is 0.266 e. The highest BCUT2D eigenvalue weighted by Crippen LogP contribution is 2.39. The van der Waals surface area contributed by atoms with Gasteiger partial charge in [0.15, 0.2) is 0 Å². The third-order valence-electron chi connectivity index (χ3n) is 6.73. The summed E-state index contributed by atoms with van der Waals surface area (Å²) in [5.74, 6) is 0.543. The van der Waals surface area contributed by atoms with Gasteiger partial charge in [0, 0.05) is 36.0 Å². The smallest absolute Gasteiger partial charge is 0.266 e. The van der Waals surface area contributed by atoms with Gasteiger partial charge in [-0.2, -0.15) is 0 Å². The molecule has 32 heavy (non-hydrogen) atoms. The fourth-order valence-corrected chi connectivity index (χ4v) is 6.35. The van der Waals surface area contributed by atoms with Gasteiger partial charge >= 0.3 is 0 Å². The Bertz CT molecular complexity index is 1120. The zero-order valence-corrected chi connectivity index (χ0v) is 19.5. The maximum atomic E-state index is 13.2. The second-order valence-corrected chi connectivity index (χ2v) is 10.4. The lowest BCUT2D eigenvalue weighted by atomic mass is 9.96. The Kier molecular flexibility index (Phi) is 5.90. The molecule has 1 aromatic carbocycles. The molecule has 1 aliphatic carbocycles. The summed E-state index contributed by atoms with van der Waals surface area (Å²) in [6, 6.07) is 10.3. The molecule has 2 aromatic rings. The van der Waals surface area contributed by atoms with Crippen molar-refractivity contribution in [3.05, 3.63) is 40.8 Å². The number of nitrogens with zero attached hydrogens (tertiary/aromatic N) is 3. The molecular weight excluding hydrogens is 440 g/mol. The molecule has 0 spiro atoms. The second kappa shape index (κ2) is 8.83. The normalized spacial score (nSPS) is 21.9. The summed E-state index contributed by atoms with van der Waals surface area (Å²) in [6.45, 7) is 1.42. The number of nitrogens with two attached hydrogens (primary N) is 1. The van der Waals surface area contributed by atoms with Crippen molar-refractivity contribution in [2.24, 2.45) is 11.7 Å². The van der Waals surface area contributed by atoms with Crippen LogP contribution in [0.15, 0.2) is 35.2 Å². The topological polar surface area (TPSA) is 79.5 Å². The first-order chi connectivity index (χ1) is 15.5. The highest BCUT2D eigenvalue weighted by Gasteiger charge is 2.38. The van der Waals surface area contributed by atoms with Crippen molar-refractivity contribution in [3.63, 3.8) is 0 Å². The number of amides is 2. The molecule has 3 aliphatic rings. The molecule has 2 aliphatic heterocycles. The van der Waals surface area contributed by atoms with E-state index in [0.717, 1.165) is 48.0 Å². The van der Waals surface area contributed by atoms with Gasteiger partial charge in [-0.05, 0) is 43.9 Å². The molecule has 0 unspecified atom stereocenters.